The Morgan fingerprint density at radius 1 is 1.24 bits per heavy atom. The minimum absolute atomic E-state index is 0.201. The summed E-state index contributed by atoms with van der Waals surface area (Å²) in [6.45, 7) is 3.52. The van der Waals surface area contributed by atoms with E-state index in [0.29, 0.717) is 6.54 Å². The largest absolute Gasteiger partial charge is 0.478 e. The van der Waals surface area contributed by atoms with E-state index in [9.17, 15) is 14.4 Å². The second-order valence-electron chi connectivity index (χ2n) is 4.47. The lowest BCUT2D eigenvalue weighted by atomic mass is 9.93. The molecule has 0 spiro atoms. The van der Waals surface area contributed by atoms with Gasteiger partial charge in [-0.25, -0.2) is 19.6 Å². The zero-order valence-electron chi connectivity index (χ0n) is 9.43. The molecule has 2 aliphatic rings. The molecule has 0 aliphatic carbocycles. The van der Waals surface area contributed by atoms with Crippen LogP contribution >= 0.6 is 0 Å². The molecule has 1 fully saturated rings. The van der Waals surface area contributed by atoms with Gasteiger partial charge in [0.1, 0.15) is 0 Å². The van der Waals surface area contributed by atoms with Gasteiger partial charge in [0, 0.05) is 13.0 Å². The maximum Gasteiger partial charge on any atom is 0.354 e. The number of hydrazine groups is 1. The number of nitrogens with zero attached hydrogens (tertiary/aromatic N) is 2. The lowest BCUT2D eigenvalue weighted by molar-refractivity contribution is -0.144. The SMILES string of the molecule is CC1(C)C(C(=O)O)=C(C(=O)O)N2C(=O)CCN21. The van der Waals surface area contributed by atoms with Crippen LogP contribution in [0, 0.1) is 0 Å². The van der Waals surface area contributed by atoms with E-state index in [1.165, 1.54) is 5.01 Å². The van der Waals surface area contributed by atoms with Crippen molar-refractivity contribution < 1.29 is 24.6 Å². The lowest BCUT2D eigenvalue weighted by Gasteiger charge is -2.32. The first-order valence-electron chi connectivity index (χ1n) is 5.10. The van der Waals surface area contributed by atoms with Crippen molar-refractivity contribution in [3.8, 4) is 0 Å². The first kappa shape index (κ1) is 11.6. The van der Waals surface area contributed by atoms with Crippen LogP contribution in [0.3, 0.4) is 0 Å². The van der Waals surface area contributed by atoms with Gasteiger partial charge in [-0.2, -0.15) is 0 Å². The van der Waals surface area contributed by atoms with E-state index in [2.05, 4.69) is 0 Å². The third-order valence-corrected chi connectivity index (χ3v) is 3.14. The standard InChI is InChI=1S/C10H12N2O5/c1-10(2)6(8(14)15)7(9(16)17)12-5(13)3-4-11(10)12/h3-4H2,1-2H3,(H,14,15)(H,16,17). The second kappa shape index (κ2) is 3.30. The van der Waals surface area contributed by atoms with Gasteiger partial charge in [0.05, 0.1) is 11.1 Å². The quantitative estimate of drug-likeness (QED) is 0.684. The third-order valence-electron chi connectivity index (χ3n) is 3.14. The highest BCUT2D eigenvalue weighted by atomic mass is 16.4. The highest BCUT2D eigenvalue weighted by Crippen LogP contribution is 2.41. The van der Waals surface area contributed by atoms with Crippen molar-refractivity contribution in [3.05, 3.63) is 11.3 Å². The van der Waals surface area contributed by atoms with E-state index in [0.717, 1.165) is 5.01 Å². The minimum Gasteiger partial charge on any atom is -0.478 e. The molecule has 17 heavy (non-hydrogen) atoms. The first-order chi connectivity index (χ1) is 7.78. The van der Waals surface area contributed by atoms with E-state index in [1.807, 2.05) is 0 Å². The Balaban J connectivity index is 2.66. The van der Waals surface area contributed by atoms with Gasteiger partial charge < -0.3 is 10.2 Å². The summed E-state index contributed by atoms with van der Waals surface area (Å²) < 4.78 is 0. The molecule has 1 amide bonds. The summed E-state index contributed by atoms with van der Waals surface area (Å²) in [4.78, 5) is 34.0. The molecule has 2 rings (SSSR count). The van der Waals surface area contributed by atoms with Crippen LogP contribution in [0.4, 0.5) is 0 Å². The Morgan fingerprint density at radius 2 is 1.82 bits per heavy atom. The summed E-state index contributed by atoms with van der Waals surface area (Å²) in [7, 11) is 0. The van der Waals surface area contributed by atoms with Crippen molar-refractivity contribution in [2.45, 2.75) is 25.8 Å². The molecule has 0 aromatic carbocycles. The molecule has 0 atom stereocenters. The number of carboxylic acid groups (broad SMARTS) is 2. The molecule has 0 saturated carbocycles. The van der Waals surface area contributed by atoms with E-state index in [4.69, 9.17) is 10.2 Å². The fourth-order valence-electron chi connectivity index (χ4n) is 2.40. The van der Waals surface area contributed by atoms with Gasteiger partial charge in [-0.3, -0.25) is 4.79 Å². The Kier molecular flexibility index (Phi) is 2.25. The molecule has 2 N–H and O–H groups in total. The summed E-state index contributed by atoms with van der Waals surface area (Å²) in [5.41, 5.74) is -1.69. The van der Waals surface area contributed by atoms with Crippen LogP contribution in [0.5, 0.6) is 0 Å². The van der Waals surface area contributed by atoms with Crippen LogP contribution in [0.15, 0.2) is 11.3 Å². The minimum atomic E-state index is -1.40. The predicted molar refractivity (Wildman–Crippen MR) is 54.5 cm³/mol. The summed E-state index contributed by atoms with van der Waals surface area (Å²) >= 11 is 0. The van der Waals surface area contributed by atoms with Crippen LogP contribution in [0.2, 0.25) is 0 Å². The molecule has 2 aliphatic heterocycles. The molecule has 2 heterocycles. The second-order valence-corrected chi connectivity index (χ2v) is 4.47. The van der Waals surface area contributed by atoms with Crippen molar-refractivity contribution >= 4 is 17.8 Å². The third kappa shape index (κ3) is 1.35. The van der Waals surface area contributed by atoms with Gasteiger partial charge in [-0.15, -0.1) is 0 Å². The Morgan fingerprint density at radius 3 is 2.29 bits per heavy atom. The predicted octanol–water partition coefficient (Wildman–Crippen LogP) is -0.349. The number of fused-ring (bicyclic) bond motifs is 1. The van der Waals surface area contributed by atoms with Crippen LogP contribution in [0.1, 0.15) is 20.3 Å². The van der Waals surface area contributed by atoms with Crippen molar-refractivity contribution in [2.75, 3.05) is 6.54 Å². The number of amides is 1. The average molecular weight is 240 g/mol. The summed E-state index contributed by atoms with van der Waals surface area (Å²) in [5.74, 6) is -3.09. The van der Waals surface area contributed by atoms with Crippen LogP contribution < -0.4 is 0 Å². The number of aliphatic carboxylic acids is 2. The van der Waals surface area contributed by atoms with Crippen molar-refractivity contribution in [1.82, 2.24) is 10.0 Å². The molecule has 0 aromatic heterocycles. The Hall–Kier alpha value is -1.89. The number of carbonyl (C=O) groups excluding carboxylic acids is 1. The number of hydrogen-bond acceptors (Lipinski definition) is 4. The van der Waals surface area contributed by atoms with Gasteiger partial charge in [0.15, 0.2) is 5.70 Å². The fourth-order valence-corrected chi connectivity index (χ4v) is 2.40. The highest BCUT2D eigenvalue weighted by Gasteiger charge is 2.54. The maximum absolute atomic E-state index is 11.6. The van der Waals surface area contributed by atoms with Gasteiger partial charge in [-0.05, 0) is 13.8 Å². The van der Waals surface area contributed by atoms with Crippen molar-refractivity contribution in [1.29, 1.82) is 0 Å². The number of carbonyl (C=O) groups is 3. The van der Waals surface area contributed by atoms with Gasteiger partial charge in [0.25, 0.3) is 0 Å². The molecular formula is C10H12N2O5. The zero-order valence-corrected chi connectivity index (χ0v) is 9.43. The highest BCUT2D eigenvalue weighted by molar-refractivity contribution is 6.04. The van der Waals surface area contributed by atoms with Crippen LogP contribution in [-0.4, -0.2) is 50.2 Å². The molecule has 0 bridgehead atoms. The normalized spacial score (nSPS) is 23.2. The molecule has 7 heteroatoms. The van der Waals surface area contributed by atoms with Gasteiger partial charge >= 0.3 is 11.9 Å². The summed E-state index contributed by atoms with van der Waals surface area (Å²) in [5, 5.41) is 20.7. The summed E-state index contributed by atoms with van der Waals surface area (Å²) in [6, 6.07) is 0. The number of carboxylic acids is 2. The van der Waals surface area contributed by atoms with Gasteiger partial charge in [0.2, 0.25) is 5.91 Å². The van der Waals surface area contributed by atoms with E-state index in [-0.39, 0.29) is 17.9 Å². The number of hydrogen-bond donors (Lipinski definition) is 2. The van der Waals surface area contributed by atoms with E-state index < -0.39 is 23.2 Å². The molecule has 0 aromatic rings. The molecule has 0 unspecified atom stereocenters. The Bertz CT molecular complexity index is 465. The fraction of sp³-hybridized carbons (Fsp3) is 0.500. The van der Waals surface area contributed by atoms with E-state index >= 15 is 0 Å². The number of rotatable bonds is 2. The van der Waals surface area contributed by atoms with Crippen molar-refractivity contribution in [3.63, 3.8) is 0 Å². The molecule has 1 saturated heterocycles. The zero-order chi connectivity index (χ0) is 13.0. The first-order valence-corrected chi connectivity index (χ1v) is 5.10. The molecule has 0 radical (unpaired) electrons. The molecular weight excluding hydrogens is 228 g/mol. The van der Waals surface area contributed by atoms with E-state index in [1.54, 1.807) is 13.8 Å². The van der Waals surface area contributed by atoms with Crippen molar-refractivity contribution in [2.24, 2.45) is 0 Å². The average Bonchev–Trinajstić information content (AvgIpc) is 2.64. The van der Waals surface area contributed by atoms with Crippen LogP contribution in [-0.2, 0) is 14.4 Å². The maximum atomic E-state index is 11.6. The topological polar surface area (TPSA) is 98.1 Å². The molecule has 92 valence electrons. The summed E-state index contributed by atoms with van der Waals surface area (Å²) in [6.07, 6.45) is 0.201. The van der Waals surface area contributed by atoms with Gasteiger partial charge in [-0.1, -0.05) is 0 Å². The van der Waals surface area contributed by atoms with Crippen LogP contribution in [0.25, 0.3) is 0 Å². The lowest BCUT2D eigenvalue weighted by Crippen LogP contribution is -2.46. The monoisotopic (exact) mass is 240 g/mol. The smallest absolute Gasteiger partial charge is 0.354 e. The Labute approximate surface area is 96.9 Å². The molecule has 7 nitrogen and oxygen atoms in total.